The SMILES string of the molecule is CC(C)=CCC(C#N)(C#N)CCCBr. The lowest BCUT2D eigenvalue weighted by atomic mass is 9.83. The molecule has 3 heteroatoms. The van der Waals surface area contributed by atoms with Crippen molar-refractivity contribution in [3.05, 3.63) is 11.6 Å². The Morgan fingerprint density at radius 2 is 1.93 bits per heavy atom. The lowest BCUT2D eigenvalue weighted by molar-refractivity contribution is 0.478. The van der Waals surface area contributed by atoms with Gasteiger partial charge in [-0.15, -0.1) is 0 Å². The number of halogens is 1. The smallest absolute Gasteiger partial charge is 0.147 e. The maximum atomic E-state index is 9.00. The van der Waals surface area contributed by atoms with Gasteiger partial charge >= 0.3 is 0 Å². The van der Waals surface area contributed by atoms with E-state index in [1.54, 1.807) is 0 Å². The van der Waals surface area contributed by atoms with Crippen LogP contribution in [0.25, 0.3) is 0 Å². The van der Waals surface area contributed by atoms with Crippen LogP contribution >= 0.6 is 15.9 Å². The summed E-state index contributed by atoms with van der Waals surface area (Å²) in [7, 11) is 0. The largest absolute Gasteiger partial charge is 0.197 e. The van der Waals surface area contributed by atoms with Crippen molar-refractivity contribution in [3.8, 4) is 12.1 Å². The molecule has 0 N–H and O–H groups in total. The Morgan fingerprint density at radius 1 is 1.36 bits per heavy atom. The number of hydrogen-bond acceptors (Lipinski definition) is 2. The number of nitriles is 2. The van der Waals surface area contributed by atoms with Gasteiger partial charge in [-0.2, -0.15) is 10.5 Å². The summed E-state index contributed by atoms with van der Waals surface area (Å²) in [6, 6.07) is 4.26. The van der Waals surface area contributed by atoms with Gasteiger partial charge in [0.25, 0.3) is 0 Å². The minimum atomic E-state index is -0.828. The van der Waals surface area contributed by atoms with Crippen LogP contribution in [0.15, 0.2) is 11.6 Å². The topological polar surface area (TPSA) is 47.6 Å². The third-order valence-electron chi connectivity index (χ3n) is 2.02. The molecule has 0 bridgehead atoms. The van der Waals surface area contributed by atoms with Gasteiger partial charge in [-0.25, -0.2) is 0 Å². The molecule has 0 atom stereocenters. The summed E-state index contributed by atoms with van der Waals surface area (Å²) in [6.45, 7) is 3.95. The lowest BCUT2D eigenvalue weighted by Crippen LogP contribution is -2.15. The standard InChI is InChI=1S/C11H15BrN2/c1-10(2)4-6-11(8-13,9-14)5-3-7-12/h4H,3,5-7H2,1-2H3. The molecule has 0 unspecified atom stereocenters. The molecular formula is C11H15BrN2. The average Bonchev–Trinajstić information content (AvgIpc) is 2.19. The predicted molar refractivity (Wildman–Crippen MR) is 60.7 cm³/mol. The zero-order chi connectivity index (χ0) is 11.0. The zero-order valence-electron chi connectivity index (χ0n) is 8.68. The molecule has 0 aromatic heterocycles. The molecule has 0 fully saturated rings. The molecule has 14 heavy (non-hydrogen) atoms. The minimum Gasteiger partial charge on any atom is -0.197 e. The Balaban J connectivity index is 4.50. The molecule has 0 rings (SSSR count). The van der Waals surface area contributed by atoms with Crippen molar-refractivity contribution in [1.29, 1.82) is 10.5 Å². The first kappa shape index (κ1) is 13.2. The highest BCUT2D eigenvalue weighted by atomic mass is 79.9. The van der Waals surface area contributed by atoms with Gasteiger partial charge in [0.1, 0.15) is 5.41 Å². The van der Waals surface area contributed by atoms with Crippen molar-refractivity contribution in [1.82, 2.24) is 0 Å². The minimum absolute atomic E-state index is 0.537. The van der Waals surface area contributed by atoms with Gasteiger partial charge in [-0.1, -0.05) is 27.6 Å². The number of hydrogen-bond donors (Lipinski definition) is 0. The molecule has 0 saturated carbocycles. The lowest BCUT2D eigenvalue weighted by Gasteiger charge is -2.15. The van der Waals surface area contributed by atoms with E-state index in [0.717, 1.165) is 17.3 Å². The van der Waals surface area contributed by atoms with E-state index in [2.05, 4.69) is 28.1 Å². The van der Waals surface area contributed by atoms with Crippen LogP contribution in [0.2, 0.25) is 0 Å². The molecule has 0 aliphatic carbocycles. The van der Waals surface area contributed by atoms with Crippen LogP contribution in [0.3, 0.4) is 0 Å². The van der Waals surface area contributed by atoms with Crippen molar-refractivity contribution in [3.63, 3.8) is 0 Å². The van der Waals surface area contributed by atoms with Gasteiger partial charge in [-0.05, 0) is 33.1 Å². The van der Waals surface area contributed by atoms with E-state index in [0.29, 0.717) is 12.8 Å². The summed E-state index contributed by atoms with van der Waals surface area (Å²) >= 11 is 3.31. The fourth-order valence-corrected chi connectivity index (χ4v) is 1.36. The van der Waals surface area contributed by atoms with E-state index in [1.165, 1.54) is 0 Å². The van der Waals surface area contributed by atoms with Crippen LogP contribution in [-0.2, 0) is 0 Å². The highest BCUT2D eigenvalue weighted by Gasteiger charge is 2.27. The quantitative estimate of drug-likeness (QED) is 0.557. The van der Waals surface area contributed by atoms with Gasteiger partial charge in [0, 0.05) is 5.33 Å². The summed E-state index contributed by atoms with van der Waals surface area (Å²) in [5.41, 5.74) is 0.323. The molecule has 0 heterocycles. The second-order valence-electron chi connectivity index (χ2n) is 3.58. The van der Waals surface area contributed by atoms with Gasteiger partial charge in [0.05, 0.1) is 12.1 Å². The molecular weight excluding hydrogens is 240 g/mol. The Bertz CT molecular complexity index is 263. The Kier molecular flexibility index (Phi) is 6.25. The summed E-state index contributed by atoms with van der Waals surface area (Å²) in [6.07, 6.45) is 3.99. The number of allylic oxidation sites excluding steroid dienone is 2. The van der Waals surface area contributed by atoms with Crippen molar-refractivity contribution in [2.24, 2.45) is 5.41 Å². The molecule has 0 amide bonds. The first-order valence-corrected chi connectivity index (χ1v) is 5.74. The van der Waals surface area contributed by atoms with E-state index in [9.17, 15) is 0 Å². The highest BCUT2D eigenvalue weighted by molar-refractivity contribution is 9.09. The van der Waals surface area contributed by atoms with Crippen LogP contribution in [0.1, 0.15) is 33.1 Å². The Labute approximate surface area is 94.4 Å². The van der Waals surface area contributed by atoms with E-state index in [1.807, 2.05) is 19.9 Å². The van der Waals surface area contributed by atoms with Crippen LogP contribution in [-0.4, -0.2) is 5.33 Å². The molecule has 0 spiro atoms. The number of nitrogens with zero attached hydrogens (tertiary/aromatic N) is 2. The predicted octanol–water partition coefficient (Wildman–Crippen LogP) is 3.55. The number of alkyl halides is 1. The van der Waals surface area contributed by atoms with Crippen LogP contribution in [0.5, 0.6) is 0 Å². The summed E-state index contributed by atoms with van der Waals surface area (Å²) in [4.78, 5) is 0. The van der Waals surface area contributed by atoms with Gasteiger partial charge in [-0.3, -0.25) is 0 Å². The van der Waals surface area contributed by atoms with Crippen LogP contribution < -0.4 is 0 Å². The van der Waals surface area contributed by atoms with E-state index in [-0.39, 0.29) is 0 Å². The van der Waals surface area contributed by atoms with Gasteiger partial charge in [0.15, 0.2) is 0 Å². The van der Waals surface area contributed by atoms with Crippen LogP contribution in [0.4, 0.5) is 0 Å². The van der Waals surface area contributed by atoms with Crippen molar-refractivity contribution < 1.29 is 0 Å². The maximum Gasteiger partial charge on any atom is 0.147 e. The summed E-state index contributed by atoms with van der Waals surface area (Å²) in [5.74, 6) is 0. The monoisotopic (exact) mass is 254 g/mol. The second kappa shape index (κ2) is 6.62. The van der Waals surface area contributed by atoms with Gasteiger partial charge < -0.3 is 0 Å². The second-order valence-corrected chi connectivity index (χ2v) is 4.38. The fourth-order valence-electron chi connectivity index (χ4n) is 1.08. The van der Waals surface area contributed by atoms with Crippen molar-refractivity contribution in [2.45, 2.75) is 33.1 Å². The first-order chi connectivity index (χ1) is 6.60. The molecule has 0 aliphatic rings. The maximum absolute atomic E-state index is 9.00. The number of rotatable bonds is 5. The summed E-state index contributed by atoms with van der Waals surface area (Å²) in [5, 5.41) is 18.8. The zero-order valence-corrected chi connectivity index (χ0v) is 10.3. The molecule has 0 aromatic carbocycles. The molecule has 2 nitrogen and oxygen atoms in total. The first-order valence-electron chi connectivity index (χ1n) is 4.62. The Morgan fingerprint density at radius 3 is 2.29 bits per heavy atom. The summed E-state index contributed by atoms with van der Waals surface area (Å²) < 4.78 is 0. The third kappa shape index (κ3) is 4.44. The average molecular weight is 255 g/mol. The molecule has 76 valence electrons. The van der Waals surface area contributed by atoms with Crippen molar-refractivity contribution >= 4 is 15.9 Å². The molecule has 0 aliphatic heterocycles. The fraction of sp³-hybridized carbons (Fsp3) is 0.636. The van der Waals surface area contributed by atoms with Crippen molar-refractivity contribution in [2.75, 3.05) is 5.33 Å². The van der Waals surface area contributed by atoms with E-state index < -0.39 is 5.41 Å². The third-order valence-corrected chi connectivity index (χ3v) is 2.58. The normalized spacial score (nSPS) is 10.1. The van der Waals surface area contributed by atoms with Crippen LogP contribution in [0, 0.1) is 28.1 Å². The molecule has 0 saturated heterocycles. The van der Waals surface area contributed by atoms with E-state index >= 15 is 0 Å². The molecule has 0 aromatic rings. The highest BCUT2D eigenvalue weighted by Crippen LogP contribution is 2.28. The van der Waals surface area contributed by atoms with Gasteiger partial charge in [0.2, 0.25) is 0 Å². The Hall–Kier alpha value is -0.800. The van der Waals surface area contributed by atoms with E-state index in [4.69, 9.17) is 10.5 Å². The molecule has 0 radical (unpaired) electrons.